The predicted molar refractivity (Wildman–Crippen MR) is 100 cm³/mol. The van der Waals surface area contributed by atoms with Gasteiger partial charge in [0.25, 0.3) is 0 Å². The van der Waals surface area contributed by atoms with Gasteiger partial charge in [0.1, 0.15) is 5.75 Å². The van der Waals surface area contributed by atoms with E-state index >= 15 is 0 Å². The third kappa shape index (κ3) is 5.84. The number of anilines is 3. The molecule has 132 valence electrons. The summed E-state index contributed by atoms with van der Waals surface area (Å²) in [5, 5.41) is 8.75. The van der Waals surface area contributed by atoms with Crippen molar-refractivity contribution in [1.29, 1.82) is 0 Å². The lowest BCUT2D eigenvalue weighted by Gasteiger charge is -2.12. The average molecular weight is 341 g/mol. The van der Waals surface area contributed by atoms with E-state index in [1.54, 1.807) is 19.2 Å². The number of hydrogen-bond acceptors (Lipinski definition) is 4. The van der Waals surface area contributed by atoms with Crippen molar-refractivity contribution in [3.8, 4) is 5.75 Å². The number of benzene rings is 2. The number of carbonyl (C=O) groups excluding carboxylic acids is 2. The quantitative estimate of drug-likeness (QED) is 0.721. The van der Waals surface area contributed by atoms with E-state index in [1.807, 2.05) is 37.3 Å². The molecule has 2 amide bonds. The molecule has 0 saturated heterocycles. The summed E-state index contributed by atoms with van der Waals surface area (Å²) in [5.74, 6) is 0.440. The Labute approximate surface area is 147 Å². The van der Waals surface area contributed by atoms with Crippen LogP contribution in [0.3, 0.4) is 0 Å². The van der Waals surface area contributed by atoms with Crippen molar-refractivity contribution in [2.45, 2.75) is 20.3 Å². The topological polar surface area (TPSA) is 79.5 Å². The Balaban J connectivity index is 1.82. The fourth-order valence-corrected chi connectivity index (χ4v) is 2.33. The summed E-state index contributed by atoms with van der Waals surface area (Å²) < 4.78 is 5.25. The van der Waals surface area contributed by atoms with E-state index in [-0.39, 0.29) is 11.8 Å². The third-order valence-corrected chi connectivity index (χ3v) is 3.52. The molecular weight excluding hydrogens is 318 g/mol. The van der Waals surface area contributed by atoms with Crippen LogP contribution >= 0.6 is 0 Å². The van der Waals surface area contributed by atoms with Crippen LogP contribution in [-0.2, 0) is 9.59 Å². The van der Waals surface area contributed by atoms with Crippen molar-refractivity contribution < 1.29 is 14.3 Å². The SMILES string of the molecule is COc1ccc(C)cc1NC(=O)CCNc1ccc(NC(C)=O)cc1. The van der Waals surface area contributed by atoms with Gasteiger partial charge in [-0.1, -0.05) is 6.07 Å². The van der Waals surface area contributed by atoms with E-state index in [0.29, 0.717) is 24.4 Å². The molecule has 0 unspecified atom stereocenters. The van der Waals surface area contributed by atoms with Crippen molar-refractivity contribution in [3.63, 3.8) is 0 Å². The highest BCUT2D eigenvalue weighted by molar-refractivity contribution is 5.92. The Kier molecular flexibility index (Phi) is 6.39. The minimum atomic E-state index is -0.107. The molecule has 6 nitrogen and oxygen atoms in total. The summed E-state index contributed by atoms with van der Waals surface area (Å²) in [4.78, 5) is 23.1. The maximum Gasteiger partial charge on any atom is 0.226 e. The van der Waals surface area contributed by atoms with Crippen LogP contribution < -0.4 is 20.7 Å². The molecule has 0 spiro atoms. The number of methoxy groups -OCH3 is 1. The molecule has 0 aromatic heterocycles. The van der Waals surface area contributed by atoms with Gasteiger partial charge >= 0.3 is 0 Å². The molecule has 0 fully saturated rings. The molecule has 2 aromatic rings. The highest BCUT2D eigenvalue weighted by Gasteiger charge is 2.07. The van der Waals surface area contributed by atoms with Crippen LogP contribution in [0.4, 0.5) is 17.1 Å². The molecule has 0 saturated carbocycles. The van der Waals surface area contributed by atoms with Gasteiger partial charge in [0.15, 0.2) is 0 Å². The number of hydrogen-bond donors (Lipinski definition) is 3. The number of nitrogens with one attached hydrogen (secondary N) is 3. The summed E-state index contributed by atoms with van der Waals surface area (Å²) in [7, 11) is 1.58. The maximum absolute atomic E-state index is 12.1. The predicted octanol–water partition coefficient (Wildman–Crippen LogP) is 3.40. The van der Waals surface area contributed by atoms with Crippen molar-refractivity contribution in [1.82, 2.24) is 0 Å². The second kappa shape index (κ2) is 8.73. The summed E-state index contributed by atoms with van der Waals surface area (Å²) in [6, 6.07) is 13.0. The van der Waals surface area contributed by atoms with Crippen molar-refractivity contribution >= 4 is 28.9 Å². The highest BCUT2D eigenvalue weighted by Crippen LogP contribution is 2.25. The Morgan fingerprint density at radius 1 is 1.00 bits per heavy atom. The van der Waals surface area contributed by atoms with Gasteiger partial charge in [-0.15, -0.1) is 0 Å². The second-order valence-electron chi connectivity index (χ2n) is 5.69. The summed E-state index contributed by atoms with van der Waals surface area (Å²) in [6.07, 6.45) is 0.324. The molecule has 0 heterocycles. The number of aryl methyl sites for hydroxylation is 1. The largest absolute Gasteiger partial charge is 0.495 e. The molecule has 2 rings (SSSR count). The van der Waals surface area contributed by atoms with Crippen LogP contribution in [0.1, 0.15) is 18.9 Å². The zero-order valence-corrected chi connectivity index (χ0v) is 14.7. The maximum atomic E-state index is 12.1. The van der Waals surface area contributed by atoms with Crippen LogP contribution in [0.15, 0.2) is 42.5 Å². The van der Waals surface area contributed by atoms with E-state index in [4.69, 9.17) is 4.74 Å². The fourth-order valence-electron chi connectivity index (χ4n) is 2.33. The normalized spacial score (nSPS) is 10.0. The Hall–Kier alpha value is -3.02. The lowest BCUT2D eigenvalue weighted by Crippen LogP contribution is -2.16. The minimum Gasteiger partial charge on any atom is -0.495 e. The van der Waals surface area contributed by atoms with E-state index < -0.39 is 0 Å². The van der Waals surface area contributed by atoms with Gasteiger partial charge in [0, 0.05) is 31.3 Å². The number of carbonyl (C=O) groups is 2. The standard InChI is InChI=1S/C19H23N3O3/c1-13-4-9-18(25-3)17(12-13)22-19(24)10-11-20-15-5-7-16(8-6-15)21-14(2)23/h4-9,12,20H,10-11H2,1-3H3,(H,21,23)(H,22,24). The first-order valence-electron chi connectivity index (χ1n) is 8.04. The van der Waals surface area contributed by atoms with Crippen LogP contribution in [-0.4, -0.2) is 25.5 Å². The summed E-state index contributed by atoms with van der Waals surface area (Å²) >= 11 is 0. The van der Waals surface area contributed by atoms with Gasteiger partial charge < -0.3 is 20.7 Å². The first kappa shape index (κ1) is 18.3. The molecule has 3 N–H and O–H groups in total. The zero-order valence-electron chi connectivity index (χ0n) is 14.7. The van der Waals surface area contributed by atoms with E-state index in [1.165, 1.54) is 6.92 Å². The van der Waals surface area contributed by atoms with Crippen molar-refractivity contribution in [2.24, 2.45) is 0 Å². The molecule has 0 aliphatic carbocycles. The van der Waals surface area contributed by atoms with E-state index in [0.717, 1.165) is 16.9 Å². The second-order valence-corrected chi connectivity index (χ2v) is 5.69. The minimum absolute atomic E-state index is 0.0914. The van der Waals surface area contributed by atoms with Crippen LogP contribution in [0, 0.1) is 6.92 Å². The Bertz CT molecular complexity index is 742. The van der Waals surface area contributed by atoms with E-state index in [9.17, 15) is 9.59 Å². The molecule has 0 atom stereocenters. The third-order valence-electron chi connectivity index (χ3n) is 3.52. The number of rotatable bonds is 7. The smallest absolute Gasteiger partial charge is 0.226 e. The summed E-state index contributed by atoms with van der Waals surface area (Å²) in [6.45, 7) is 3.93. The molecular formula is C19H23N3O3. The molecule has 0 aliphatic rings. The van der Waals surface area contributed by atoms with Gasteiger partial charge in [-0.3, -0.25) is 9.59 Å². The first-order chi connectivity index (χ1) is 12.0. The lowest BCUT2D eigenvalue weighted by atomic mass is 10.2. The number of amides is 2. The van der Waals surface area contributed by atoms with Crippen molar-refractivity contribution in [3.05, 3.63) is 48.0 Å². The molecule has 2 aromatic carbocycles. The Morgan fingerprint density at radius 2 is 1.68 bits per heavy atom. The first-order valence-corrected chi connectivity index (χ1v) is 8.04. The van der Waals surface area contributed by atoms with Crippen molar-refractivity contribution in [2.75, 3.05) is 29.6 Å². The molecule has 25 heavy (non-hydrogen) atoms. The van der Waals surface area contributed by atoms with Gasteiger partial charge in [-0.05, 0) is 48.9 Å². The van der Waals surface area contributed by atoms with E-state index in [2.05, 4.69) is 16.0 Å². The van der Waals surface area contributed by atoms with Crippen LogP contribution in [0.5, 0.6) is 5.75 Å². The molecule has 0 bridgehead atoms. The summed E-state index contributed by atoms with van der Waals surface area (Å²) in [5.41, 5.74) is 3.35. The van der Waals surface area contributed by atoms with Crippen LogP contribution in [0.25, 0.3) is 0 Å². The van der Waals surface area contributed by atoms with Gasteiger partial charge in [-0.25, -0.2) is 0 Å². The number of ether oxygens (including phenoxy) is 1. The lowest BCUT2D eigenvalue weighted by molar-refractivity contribution is -0.116. The average Bonchev–Trinajstić information content (AvgIpc) is 2.56. The Morgan fingerprint density at radius 3 is 2.32 bits per heavy atom. The van der Waals surface area contributed by atoms with Gasteiger partial charge in [0.05, 0.1) is 12.8 Å². The van der Waals surface area contributed by atoms with Gasteiger partial charge in [0.2, 0.25) is 11.8 Å². The molecule has 0 aliphatic heterocycles. The van der Waals surface area contributed by atoms with Crippen LogP contribution in [0.2, 0.25) is 0 Å². The molecule has 6 heteroatoms. The molecule has 0 radical (unpaired) electrons. The highest BCUT2D eigenvalue weighted by atomic mass is 16.5. The monoisotopic (exact) mass is 341 g/mol. The fraction of sp³-hybridized carbons (Fsp3) is 0.263. The van der Waals surface area contributed by atoms with Gasteiger partial charge in [-0.2, -0.15) is 0 Å². The zero-order chi connectivity index (χ0) is 18.2.